The van der Waals surface area contributed by atoms with Crippen LogP contribution in [-0.4, -0.2) is 70.2 Å². The Morgan fingerprint density at radius 1 is 1.21 bits per heavy atom. The molecular formula is C23H26Cl2N6O2S. The minimum absolute atomic E-state index is 0. The Hall–Kier alpha value is -2.30. The molecule has 1 amide bonds. The lowest BCUT2D eigenvalue weighted by Crippen LogP contribution is -2.40. The molecule has 3 heterocycles. The fraction of sp³-hybridized carbons (Fsp3) is 0.391. The van der Waals surface area contributed by atoms with Crippen molar-refractivity contribution in [1.29, 1.82) is 0 Å². The van der Waals surface area contributed by atoms with Gasteiger partial charge in [-0.3, -0.25) is 14.6 Å². The van der Waals surface area contributed by atoms with Crippen LogP contribution in [0.15, 0.2) is 36.4 Å². The van der Waals surface area contributed by atoms with E-state index in [1.807, 2.05) is 43.3 Å². The summed E-state index contributed by atoms with van der Waals surface area (Å²) >= 11 is 7.82. The number of fused-ring (bicyclic) bond motifs is 2. The molecule has 1 aliphatic rings. The first-order chi connectivity index (χ1) is 16.1. The number of thiazole rings is 1. The van der Waals surface area contributed by atoms with Gasteiger partial charge in [0.15, 0.2) is 5.13 Å². The maximum Gasteiger partial charge on any atom is 0.250 e. The Balaban J connectivity index is 0.00000274. The van der Waals surface area contributed by atoms with Gasteiger partial charge in [0, 0.05) is 31.2 Å². The number of ether oxygens (including phenoxy) is 1. The largest absolute Gasteiger partial charge is 0.379 e. The molecule has 0 bridgehead atoms. The number of aryl methyl sites for hydroxylation is 1. The Bertz CT molecular complexity index is 1290. The summed E-state index contributed by atoms with van der Waals surface area (Å²) in [6.07, 6.45) is 0.847. The van der Waals surface area contributed by atoms with Gasteiger partial charge in [0.1, 0.15) is 12.1 Å². The van der Waals surface area contributed by atoms with E-state index in [9.17, 15) is 4.79 Å². The van der Waals surface area contributed by atoms with E-state index in [0.717, 1.165) is 66.1 Å². The highest BCUT2D eigenvalue weighted by atomic mass is 35.5. The Labute approximate surface area is 212 Å². The molecule has 180 valence electrons. The van der Waals surface area contributed by atoms with Gasteiger partial charge < -0.3 is 4.74 Å². The fourth-order valence-corrected chi connectivity index (χ4v) is 5.28. The second-order valence-corrected chi connectivity index (χ2v) is 9.52. The summed E-state index contributed by atoms with van der Waals surface area (Å²) in [5.41, 5.74) is 3.39. The lowest BCUT2D eigenvalue weighted by atomic mass is 10.2. The van der Waals surface area contributed by atoms with Gasteiger partial charge in [-0.25, -0.2) is 9.67 Å². The number of amides is 1. The van der Waals surface area contributed by atoms with E-state index in [1.165, 1.54) is 11.3 Å². The molecule has 1 saturated heterocycles. The minimum Gasteiger partial charge on any atom is -0.379 e. The topological polar surface area (TPSA) is 76.4 Å². The van der Waals surface area contributed by atoms with Crippen LogP contribution in [0.1, 0.15) is 12.0 Å². The Kier molecular flexibility index (Phi) is 8.00. The molecule has 34 heavy (non-hydrogen) atoms. The molecular weight excluding hydrogens is 495 g/mol. The van der Waals surface area contributed by atoms with Crippen molar-refractivity contribution in [3.8, 4) is 0 Å². The second-order valence-electron chi connectivity index (χ2n) is 8.10. The number of rotatable bonds is 7. The Morgan fingerprint density at radius 3 is 2.82 bits per heavy atom. The van der Waals surface area contributed by atoms with Gasteiger partial charge in [0.05, 0.1) is 28.9 Å². The van der Waals surface area contributed by atoms with Gasteiger partial charge in [-0.2, -0.15) is 0 Å². The number of para-hydroxylation sites is 1. The number of aromatic nitrogens is 4. The highest BCUT2D eigenvalue weighted by molar-refractivity contribution is 7.22. The van der Waals surface area contributed by atoms with Gasteiger partial charge in [-0.05, 0) is 43.2 Å². The Morgan fingerprint density at radius 2 is 2.00 bits per heavy atom. The van der Waals surface area contributed by atoms with Crippen LogP contribution >= 0.6 is 35.3 Å². The number of hydrogen-bond donors (Lipinski definition) is 0. The smallest absolute Gasteiger partial charge is 0.250 e. The molecule has 0 saturated carbocycles. The van der Waals surface area contributed by atoms with Crippen molar-refractivity contribution >= 4 is 67.6 Å². The summed E-state index contributed by atoms with van der Waals surface area (Å²) in [5, 5.41) is 9.74. The van der Waals surface area contributed by atoms with Crippen LogP contribution in [0.4, 0.5) is 5.13 Å². The quantitative estimate of drug-likeness (QED) is 0.363. The number of benzene rings is 2. The third-order valence-corrected chi connectivity index (χ3v) is 7.39. The van der Waals surface area contributed by atoms with Crippen LogP contribution in [0.2, 0.25) is 5.02 Å². The van der Waals surface area contributed by atoms with Crippen LogP contribution in [0.25, 0.3) is 21.3 Å². The molecule has 0 atom stereocenters. The molecule has 0 aliphatic carbocycles. The van der Waals surface area contributed by atoms with Gasteiger partial charge in [0.2, 0.25) is 0 Å². The molecule has 2 aromatic heterocycles. The maximum atomic E-state index is 13.5. The molecule has 0 spiro atoms. The number of carbonyl (C=O) groups excluding carboxylic acids is 1. The third-order valence-electron chi connectivity index (χ3n) is 5.93. The molecule has 11 heteroatoms. The first kappa shape index (κ1) is 24.8. The molecule has 4 aromatic rings. The van der Waals surface area contributed by atoms with Crippen LogP contribution in [0.3, 0.4) is 0 Å². The molecule has 1 aliphatic heterocycles. The van der Waals surface area contributed by atoms with E-state index in [4.69, 9.17) is 21.3 Å². The van der Waals surface area contributed by atoms with Crippen molar-refractivity contribution in [3.05, 3.63) is 47.0 Å². The van der Waals surface area contributed by atoms with Gasteiger partial charge in [0.25, 0.3) is 5.91 Å². The van der Waals surface area contributed by atoms with Crippen molar-refractivity contribution < 1.29 is 9.53 Å². The normalized spacial score (nSPS) is 14.4. The van der Waals surface area contributed by atoms with Crippen molar-refractivity contribution in [2.45, 2.75) is 19.9 Å². The van der Waals surface area contributed by atoms with E-state index < -0.39 is 0 Å². The SMILES string of the molecule is Cc1c(Cl)ccc2sc(N(CCCN3CCOCC3)C(=O)Cn3nnc4ccccc43)nc12.Cl. The van der Waals surface area contributed by atoms with Gasteiger partial charge in [-0.1, -0.05) is 40.3 Å². The molecule has 0 N–H and O–H groups in total. The van der Waals surface area contributed by atoms with E-state index in [1.54, 1.807) is 9.58 Å². The second kappa shape index (κ2) is 11.0. The van der Waals surface area contributed by atoms with E-state index in [2.05, 4.69) is 15.2 Å². The molecule has 0 radical (unpaired) electrons. The zero-order valence-corrected chi connectivity index (χ0v) is 21.2. The summed E-state index contributed by atoms with van der Waals surface area (Å²) in [6.45, 7) is 6.94. The first-order valence-corrected chi connectivity index (χ1v) is 12.2. The number of halogens is 2. The molecule has 8 nitrogen and oxygen atoms in total. The summed E-state index contributed by atoms with van der Waals surface area (Å²) < 4.78 is 8.11. The molecule has 5 rings (SSSR count). The first-order valence-electron chi connectivity index (χ1n) is 11.0. The van der Waals surface area contributed by atoms with Crippen LogP contribution < -0.4 is 4.90 Å². The average Bonchev–Trinajstić information content (AvgIpc) is 3.45. The predicted octanol–water partition coefficient (Wildman–Crippen LogP) is 4.18. The number of morpholine rings is 1. The zero-order chi connectivity index (χ0) is 22.8. The highest BCUT2D eigenvalue weighted by Crippen LogP contribution is 2.34. The summed E-state index contributed by atoms with van der Waals surface area (Å²) in [4.78, 5) is 22.5. The number of hydrogen-bond acceptors (Lipinski definition) is 7. The lowest BCUT2D eigenvalue weighted by Gasteiger charge is -2.27. The van der Waals surface area contributed by atoms with E-state index in [-0.39, 0.29) is 24.9 Å². The zero-order valence-electron chi connectivity index (χ0n) is 18.8. The van der Waals surface area contributed by atoms with Crippen molar-refractivity contribution in [3.63, 3.8) is 0 Å². The van der Waals surface area contributed by atoms with E-state index in [0.29, 0.717) is 16.7 Å². The summed E-state index contributed by atoms with van der Waals surface area (Å²) in [6, 6.07) is 11.5. The lowest BCUT2D eigenvalue weighted by molar-refractivity contribution is -0.119. The summed E-state index contributed by atoms with van der Waals surface area (Å²) in [5.74, 6) is -0.0598. The number of carbonyl (C=O) groups is 1. The standard InChI is InChI=1S/C23H25ClN6O2S.ClH/c1-16-17(24)7-8-20-22(16)25-23(33-20)29(10-4-9-28-11-13-32-14-12-28)21(31)15-30-19-6-3-2-5-18(19)26-27-30;/h2-3,5-8H,4,9-15H2,1H3;1H. The minimum atomic E-state index is -0.0598. The number of nitrogens with zero attached hydrogens (tertiary/aromatic N) is 6. The molecule has 2 aromatic carbocycles. The van der Waals surface area contributed by atoms with Gasteiger partial charge >= 0.3 is 0 Å². The predicted molar refractivity (Wildman–Crippen MR) is 138 cm³/mol. The molecule has 0 unspecified atom stereocenters. The third kappa shape index (κ3) is 5.18. The maximum absolute atomic E-state index is 13.5. The van der Waals surface area contributed by atoms with Gasteiger partial charge in [-0.15, -0.1) is 17.5 Å². The van der Waals surface area contributed by atoms with Crippen molar-refractivity contribution in [1.82, 2.24) is 24.9 Å². The van der Waals surface area contributed by atoms with Crippen molar-refractivity contribution in [2.75, 3.05) is 44.3 Å². The van der Waals surface area contributed by atoms with E-state index >= 15 is 0 Å². The van der Waals surface area contributed by atoms with Crippen molar-refractivity contribution in [2.24, 2.45) is 0 Å². The monoisotopic (exact) mass is 520 g/mol. The fourth-order valence-electron chi connectivity index (χ4n) is 4.06. The number of anilines is 1. The average molecular weight is 521 g/mol. The molecule has 1 fully saturated rings. The highest BCUT2D eigenvalue weighted by Gasteiger charge is 2.22. The van der Waals surface area contributed by atoms with Crippen LogP contribution in [0.5, 0.6) is 0 Å². The van der Waals surface area contributed by atoms with Crippen LogP contribution in [-0.2, 0) is 16.1 Å². The summed E-state index contributed by atoms with van der Waals surface area (Å²) in [7, 11) is 0. The van der Waals surface area contributed by atoms with Crippen LogP contribution in [0, 0.1) is 6.92 Å².